The van der Waals surface area contributed by atoms with E-state index in [1.165, 1.54) is 26.2 Å². The van der Waals surface area contributed by atoms with E-state index in [-0.39, 0.29) is 19.6 Å². The van der Waals surface area contributed by atoms with Crippen LogP contribution in [0.2, 0.25) is 0 Å². The lowest BCUT2D eigenvalue weighted by Crippen LogP contribution is -2.42. The van der Waals surface area contributed by atoms with Crippen LogP contribution in [0.5, 0.6) is 0 Å². The molecule has 0 fully saturated rings. The van der Waals surface area contributed by atoms with E-state index in [2.05, 4.69) is 0 Å². The third-order valence-corrected chi connectivity index (χ3v) is 5.75. The Labute approximate surface area is 154 Å². The van der Waals surface area contributed by atoms with Crippen molar-refractivity contribution < 1.29 is 42.3 Å². The van der Waals surface area contributed by atoms with Crippen LogP contribution in [0.25, 0.3) is 0 Å². The van der Waals surface area contributed by atoms with E-state index in [4.69, 9.17) is 27.9 Å². The number of aliphatic carboxylic acids is 3. The summed E-state index contributed by atoms with van der Waals surface area (Å²) in [4.78, 5) is 35.5. The average Bonchev–Trinajstić information content (AvgIpc) is 2.55. The van der Waals surface area contributed by atoms with Gasteiger partial charge < -0.3 is 15.3 Å². The van der Waals surface area contributed by atoms with Gasteiger partial charge in [-0.2, -0.15) is 0 Å². The topological polar surface area (TPSA) is 146 Å². The van der Waals surface area contributed by atoms with Gasteiger partial charge in [0.15, 0.2) is 0 Å². The van der Waals surface area contributed by atoms with Gasteiger partial charge in [-0.25, -0.2) is 0 Å². The Bertz CT molecular complexity index is 435. The third-order valence-electron chi connectivity index (χ3n) is 3.44. The average molecular weight is 400 g/mol. The molecule has 0 spiro atoms. The first-order valence-electron chi connectivity index (χ1n) is 7.75. The second-order valence-corrected chi connectivity index (χ2v) is 7.81. The van der Waals surface area contributed by atoms with E-state index in [1.54, 1.807) is 4.90 Å². The second kappa shape index (κ2) is 12.8. The van der Waals surface area contributed by atoms with Gasteiger partial charge in [0.25, 0.3) is 0 Å². The summed E-state index contributed by atoms with van der Waals surface area (Å²) in [6.07, 6.45) is 0.524. The number of carboxylic acid groups (broad SMARTS) is 3. The molecule has 0 aliphatic rings. The Morgan fingerprint density at radius 3 is 1.50 bits per heavy atom. The number of carboxylic acids is 3. The zero-order valence-corrected chi connectivity index (χ0v) is 16.1. The van der Waals surface area contributed by atoms with Crippen molar-refractivity contribution in [3.8, 4) is 0 Å². The Kier molecular flexibility index (Phi) is 12.1. The minimum Gasteiger partial charge on any atom is -0.480 e. The molecule has 0 bridgehead atoms. The van der Waals surface area contributed by atoms with E-state index < -0.39 is 41.9 Å². The predicted molar refractivity (Wildman–Crippen MR) is 93.9 cm³/mol. The molecule has 12 heteroatoms. The van der Waals surface area contributed by atoms with Crippen LogP contribution in [0.4, 0.5) is 0 Å². The molecule has 0 aliphatic heterocycles. The molecule has 0 heterocycles. The number of rotatable bonds is 16. The second-order valence-electron chi connectivity index (χ2n) is 5.28. The highest BCUT2D eigenvalue weighted by Crippen LogP contribution is 2.49. The quantitative estimate of drug-likeness (QED) is 0.314. The zero-order chi connectivity index (χ0) is 20.2. The summed E-state index contributed by atoms with van der Waals surface area (Å²) in [6, 6.07) is 0. The molecule has 0 saturated heterocycles. The van der Waals surface area contributed by atoms with Crippen LogP contribution in [0.15, 0.2) is 0 Å². The van der Waals surface area contributed by atoms with Crippen LogP contribution in [-0.2, 0) is 26.9 Å². The Balaban J connectivity index is 4.69. The maximum absolute atomic E-state index is 11.0. The van der Waals surface area contributed by atoms with Crippen LogP contribution in [0, 0.1) is 0 Å². The van der Waals surface area contributed by atoms with Crippen molar-refractivity contribution in [1.82, 2.24) is 9.80 Å². The Morgan fingerprint density at radius 1 is 0.731 bits per heavy atom. The van der Waals surface area contributed by atoms with Crippen molar-refractivity contribution in [3.63, 3.8) is 0 Å². The lowest BCUT2D eigenvalue weighted by atomic mass is 10.3. The zero-order valence-electron chi connectivity index (χ0n) is 15.3. The number of nitrogens with zero attached hydrogens (tertiary/aromatic N) is 2. The SMILES string of the molecule is COS(CCCN(CCN(CC(=O)O)CC(=O)O)CC(=O)O)(OC)OC. The number of hydrogen-bond donors (Lipinski definition) is 3. The molecule has 0 amide bonds. The lowest BCUT2D eigenvalue weighted by Gasteiger charge is -2.34. The summed E-state index contributed by atoms with van der Waals surface area (Å²) in [6.45, 7) is -0.409. The summed E-state index contributed by atoms with van der Waals surface area (Å²) in [5.41, 5.74) is 0. The smallest absolute Gasteiger partial charge is 0.317 e. The van der Waals surface area contributed by atoms with Crippen LogP contribution in [0.3, 0.4) is 0 Å². The largest absolute Gasteiger partial charge is 0.480 e. The molecular formula is C14H28N2O9S. The van der Waals surface area contributed by atoms with E-state index in [0.717, 1.165) is 0 Å². The molecule has 0 saturated carbocycles. The summed E-state index contributed by atoms with van der Waals surface area (Å²) in [5.74, 6) is -2.90. The van der Waals surface area contributed by atoms with Crippen molar-refractivity contribution >= 4 is 28.8 Å². The van der Waals surface area contributed by atoms with Crippen LogP contribution in [0.1, 0.15) is 6.42 Å². The number of hydrogen-bond acceptors (Lipinski definition) is 8. The number of carbonyl (C=O) groups is 3. The maximum Gasteiger partial charge on any atom is 0.317 e. The minimum absolute atomic E-state index is 0.114. The van der Waals surface area contributed by atoms with Gasteiger partial charge in [0, 0.05) is 18.8 Å². The fraction of sp³-hybridized carbons (Fsp3) is 0.786. The van der Waals surface area contributed by atoms with E-state index in [0.29, 0.717) is 18.7 Å². The molecule has 0 unspecified atom stereocenters. The molecular weight excluding hydrogens is 372 g/mol. The van der Waals surface area contributed by atoms with Crippen LogP contribution < -0.4 is 0 Å². The van der Waals surface area contributed by atoms with Gasteiger partial charge in [0.2, 0.25) is 0 Å². The van der Waals surface area contributed by atoms with E-state index in [9.17, 15) is 14.4 Å². The summed E-state index contributed by atoms with van der Waals surface area (Å²) in [5, 5.41) is 26.7. The first-order valence-corrected chi connectivity index (χ1v) is 9.33. The minimum atomic E-state index is -2.14. The van der Waals surface area contributed by atoms with Crippen molar-refractivity contribution in [2.24, 2.45) is 0 Å². The van der Waals surface area contributed by atoms with Gasteiger partial charge in [-0.05, 0) is 13.0 Å². The van der Waals surface area contributed by atoms with Crippen molar-refractivity contribution in [2.75, 3.05) is 66.4 Å². The summed E-state index contributed by atoms with van der Waals surface area (Å²) in [7, 11) is 2.26. The van der Waals surface area contributed by atoms with E-state index in [1.807, 2.05) is 0 Å². The van der Waals surface area contributed by atoms with Crippen LogP contribution in [-0.4, -0.2) is 109 Å². The highest BCUT2D eigenvalue weighted by molar-refractivity contribution is 8.21. The monoisotopic (exact) mass is 400 g/mol. The molecule has 3 N–H and O–H groups in total. The van der Waals surface area contributed by atoms with Crippen molar-refractivity contribution in [1.29, 1.82) is 0 Å². The van der Waals surface area contributed by atoms with Crippen LogP contribution >= 0.6 is 10.9 Å². The standard InChI is InChI=1S/C14H28N2O9S/c1-23-26(24-2,25-3)8-4-5-15(9-12(17)18)6-7-16(10-13(19)20)11-14(21)22/h4-11H2,1-3H3,(H,17,18)(H,19,20)(H,21,22). The molecule has 0 aromatic heterocycles. The Hall–Kier alpha value is -1.44. The first kappa shape index (κ1) is 24.6. The fourth-order valence-electron chi connectivity index (χ4n) is 2.26. The fourth-order valence-corrected chi connectivity index (χ4v) is 3.65. The van der Waals surface area contributed by atoms with Gasteiger partial charge in [-0.1, -0.05) is 0 Å². The molecule has 0 aromatic carbocycles. The van der Waals surface area contributed by atoms with E-state index >= 15 is 0 Å². The van der Waals surface area contributed by atoms with Gasteiger partial charge in [0.05, 0.1) is 51.8 Å². The molecule has 0 rings (SSSR count). The van der Waals surface area contributed by atoms with Crippen molar-refractivity contribution in [3.05, 3.63) is 0 Å². The maximum atomic E-state index is 11.0. The van der Waals surface area contributed by atoms with Gasteiger partial charge in [0.1, 0.15) is 0 Å². The van der Waals surface area contributed by atoms with Gasteiger partial charge in [-0.3, -0.25) is 36.7 Å². The third kappa shape index (κ3) is 10.5. The molecule has 26 heavy (non-hydrogen) atoms. The van der Waals surface area contributed by atoms with Gasteiger partial charge >= 0.3 is 17.9 Å². The molecule has 0 radical (unpaired) electrons. The normalized spacial score (nSPS) is 12.5. The lowest BCUT2D eigenvalue weighted by molar-refractivity contribution is -0.143. The Morgan fingerprint density at radius 2 is 1.12 bits per heavy atom. The molecule has 0 aliphatic carbocycles. The first-order chi connectivity index (χ1) is 12.2. The molecule has 0 aromatic rings. The molecule has 154 valence electrons. The predicted octanol–water partition coefficient (Wildman–Crippen LogP) is -0.277. The highest BCUT2D eigenvalue weighted by atomic mass is 32.3. The summed E-state index contributed by atoms with van der Waals surface area (Å²) >= 11 is 0. The highest BCUT2D eigenvalue weighted by Gasteiger charge is 2.23. The molecule has 0 atom stereocenters. The summed E-state index contributed by atoms with van der Waals surface area (Å²) < 4.78 is 15.8. The van der Waals surface area contributed by atoms with Crippen molar-refractivity contribution in [2.45, 2.75) is 6.42 Å². The van der Waals surface area contributed by atoms with Gasteiger partial charge in [-0.15, -0.1) is 0 Å². The molecule has 11 nitrogen and oxygen atoms in total.